The van der Waals surface area contributed by atoms with Crippen molar-refractivity contribution < 1.29 is 24.2 Å². The van der Waals surface area contributed by atoms with Gasteiger partial charge in [-0.05, 0) is 30.2 Å². The zero-order chi connectivity index (χ0) is 16.3. The summed E-state index contributed by atoms with van der Waals surface area (Å²) in [6.07, 6.45) is 0. The zero-order valence-electron chi connectivity index (χ0n) is 11.9. The third-order valence-corrected chi connectivity index (χ3v) is 3.14. The second-order valence-corrected chi connectivity index (χ2v) is 5.01. The minimum absolute atomic E-state index is 0.174. The summed E-state index contributed by atoms with van der Waals surface area (Å²) in [7, 11) is 0. The number of fused-ring (bicyclic) bond motifs is 1. The van der Waals surface area contributed by atoms with Crippen LogP contribution in [0, 0.1) is 6.92 Å². The van der Waals surface area contributed by atoms with E-state index in [0.29, 0.717) is 5.58 Å². The van der Waals surface area contributed by atoms with Gasteiger partial charge in [0.2, 0.25) is 0 Å². The number of benzene rings is 1. The van der Waals surface area contributed by atoms with Gasteiger partial charge in [0.1, 0.15) is 5.58 Å². The van der Waals surface area contributed by atoms with Crippen LogP contribution in [-0.4, -0.2) is 40.1 Å². The quantitative estimate of drug-likeness (QED) is 0.768. The van der Waals surface area contributed by atoms with Gasteiger partial charge in [-0.25, -0.2) is 4.79 Å². The van der Waals surface area contributed by atoms with Gasteiger partial charge in [-0.2, -0.15) is 0 Å². The van der Waals surface area contributed by atoms with Crippen molar-refractivity contribution in [3.05, 3.63) is 45.8 Å². The largest absolute Gasteiger partial charge is 0.480 e. The first-order valence-corrected chi connectivity index (χ1v) is 6.54. The van der Waals surface area contributed by atoms with Crippen LogP contribution in [-0.2, 0) is 16.1 Å². The molecule has 1 aromatic carbocycles. The van der Waals surface area contributed by atoms with Gasteiger partial charge in [-0.3, -0.25) is 14.5 Å². The average molecular weight is 305 g/mol. The summed E-state index contributed by atoms with van der Waals surface area (Å²) in [4.78, 5) is 34.2. The molecule has 2 aromatic rings. The van der Waals surface area contributed by atoms with Gasteiger partial charge in [0.25, 0.3) is 0 Å². The fraction of sp³-hybridized carbons (Fsp3) is 0.267. The van der Waals surface area contributed by atoms with E-state index in [-0.39, 0.29) is 19.6 Å². The molecule has 2 N–H and O–H groups in total. The zero-order valence-corrected chi connectivity index (χ0v) is 11.9. The summed E-state index contributed by atoms with van der Waals surface area (Å²) in [5.41, 5.74) is 1.50. The number of nitrogens with zero attached hydrogens (tertiary/aromatic N) is 1. The summed E-state index contributed by atoms with van der Waals surface area (Å²) in [5, 5.41) is 18.4. The van der Waals surface area contributed by atoms with Crippen molar-refractivity contribution in [2.24, 2.45) is 0 Å². The maximum absolute atomic E-state index is 11.3. The van der Waals surface area contributed by atoms with Crippen LogP contribution in [0.25, 0.3) is 11.0 Å². The molecule has 0 aliphatic heterocycles. The fourth-order valence-corrected chi connectivity index (χ4v) is 2.27. The molecule has 0 amide bonds. The molecule has 7 nitrogen and oxygen atoms in total. The number of rotatable bonds is 6. The Hall–Kier alpha value is -2.67. The monoisotopic (exact) mass is 305 g/mol. The molecule has 0 saturated heterocycles. The molecule has 116 valence electrons. The number of hydrogen-bond donors (Lipinski definition) is 2. The summed E-state index contributed by atoms with van der Waals surface area (Å²) >= 11 is 0. The summed E-state index contributed by atoms with van der Waals surface area (Å²) < 4.78 is 5.07. The van der Waals surface area contributed by atoms with Crippen molar-refractivity contribution >= 4 is 22.9 Å². The van der Waals surface area contributed by atoms with Gasteiger partial charge in [0, 0.05) is 18.0 Å². The highest BCUT2D eigenvalue weighted by atomic mass is 16.4. The van der Waals surface area contributed by atoms with Gasteiger partial charge in [0.15, 0.2) is 0 Å². The molecular weight excluding hydrogens is 290 g/mol. The van der Waals surface area contributed by atoms with Gasteiger partial charge in [-0.1, -0.05) is 6.07 Å². The lowest BCUT2D eigenvalue weighted by molar-refractivity contribution is -0.142. The lowest BCUT2D eigenvalue weighted by Gasteiger charge is -2.18. The minimum Gasteiger partial charge on any atom is -0.480 e. The second-order valence-electron chi connectivity index (χ2n) is 5.01. The predicted molar refractivity (Wildman–Crippen MR) is 77.8 cm³/mol. The van der Waals surface area contributed by atoms with Crippen LogP contribution in [0.4, 0.5) is 0 Å². The molecule has 0 bridgehead atoms. The predicted octanol–water partition coefficient (Wildman–Crippen LogP) is 1.07. The fourth-order valence-electron chi connectivity index (χ4n) is 2.27. The van der Waals surface area contributed by atoms with Gasteiger partial charge in [-0.15, -0.1) is 0 Å². The summed E-state index contributed by atoms with van der Waals surface area (Å²) in [6.45, 7) is 1.21. The lowest BCUT2D eigenvalue weighted by Crippen LogP contribution is -2.33. The van der Waals surface area contributed by atoms with Crippen molar-refractivity contribution in [2.45, 2.75) is 13.5 Å². The van der Waals surface area contributed by atoms with E-state index in [9.17, 15) is 14.4 Å². The highest BCUT2D eigenvalue weighted by Crippen LogP contribution is 2.19. The lowest BCUT2D eigenvalue weighted by atomic mass is 10.1. The molecule has 0 unspecified atom stereocenters. The number of hydrogen-bond acceptors (Lipinski definition) is 5. The Kier molecular flexibility index (Phi) is 4.57. The third-order valence-electron chi connectivity index (χ3n) is 3.14. The van der Waals surface area contributed by atoms with Crippen LogP contribution >= 0.6 is 0 Å². The summed E-state index contributed by atoms with van der Waals surface area (Å²) in [5.74, 6) is -2.19. The van der Waals surface area contributed by atoms with E-state index in [0.717, 1.165) is 16.5 Å². The van der Waals surface area contributed by atoms with E-state index in [1.165, 1.54) is 11.0 Å². The number of carboxylic acid groups (broad SMARTS) is 2. The molecule has 0 spiro atoms. The molecule has 2 rings (SSSR count). The van der Waals surface area contributed by atoms with E-state index < -0.39 is 17.6 Å². The Morgan fingerprint density at radius 3 is 2.36 bits per heavy atom. The Morgan fingerprint density at radius 2 is 1.77 bits per heavy atom. The van der Waals surface area contributed by atoms with E-state index in [1.54, 1.807) is 25.1 Å². The Bertz CT molecular complexity index is 763. The Labute approximate surface area is 125 Å². The van der Waals surface area contributed by atoms with E-state index in [4.69, 9.17) is 14.6 Å². The SMILES string of the molecule is Cc1cc(=O)oc2ccc(CN(CC(=O)O)CC(=O)O)cc12. The molecular formula is C15H15NO6. The smallest absolute Gasteiger partial charge is 0.336 e. The van der Waals surface area contributed by atoms with Crippen molar-refractivity contribution in [1.29, 1.82) is 0 Å². The number of carboxylic acids is 2. The number of aryl methyl sites for hydroxylation is 1. The standard InChI is InChI=1S/C15H15NO6/c1-9-4-15(21)22-12-3-2-10(5-11(9)12)6-16(7-13(17)18)8-14(19)20/h2-5H,6-8H2,1H3,(H,17,18)(H,19,20). The van der Waals surface area contributed by atoms with E-state index >= 15 is 0 Å². The van der Waals surface area contributed by atoms with E-state index in [2.05, 4.69) is 0 Å². The molecule has 1 aromatic heterocycles. The first-order valence-electron chi connectivity index (χ1n) is 6.54. The molecule has 7 heteroatoms. The maximum Gasteiger partial charge on any atom is 0.336 e. The summed E-state index contributed by atoms with van der Waals surface area (Å²) in [6, 6.07) is 6.45. The van der Waals surface area contributed by atoms with Crippen LogP contribution < -0.4 is 5.63 Å². The third kappa shape index (κ3) is 3.92. The highest BCUT2D eigenvalue weighted by Gasteiger charge is 2.14. The maximum atomic E-state index is 11.3. The van der Waals surface area contributed by atoms with Gasteiger partial charge >= 0.3 is 17.6 Å². The van der Waals surface area contributed by atoms with Crippen molar-refractivity contribution in [1.82, 2.24) is 4.90 Å². The van der Waals surface area contributed by atoms with Crippen molar-refractivity contribution in [2.75, 3.05) is 13.1 Å². The Balaban J connectivity index is 2.31. The van der Waals surface area contributed by atoms with E-state index in [1.807, 2.05) is 0 Å². The van der Waals surface area contributed by atoms with Gasteiger partial charge < -0.3 is 14.6 Å². The molecule has 0 aliphatic rings. The molecule has 0 saturated carbocycles. The topological polar surface area (TPSA) is 108 Å². The molecule has 0 atom stereocenters. The molecule has 0 aliphatic carbocycles. The number of aliphatic carboxylic acids is 2. The Morgan fingerprint density at radius 1 is 1.14 bits per heavy atom. The van der Waals surface area contributed by atoms with Gasteiger partial charge in [0.05, 0.1) is 13.1 Å². The molecule has 0 radical (unpaired) electrons. The first kappa shape index (κ1) is 15.7. The second kappa shape index (κ2) is 6.40. The van der Waals surface area contributed by atoms with Crippen molar-refractivity contribution in [3.8, 4) is 0 Å². The first-order chi connectivity index (χ1) is 10.3. The highest BCUT2D eigenvalue weighted by molar-refractivity contribution is 5.80. The number of carbonyl (C=O) groups is 2. The molecule has 22 heavy (non-hydrogen) atoms. The van der Waals surface area contributed by atoms with Crippen molar-refractivity contribution in [3.63, 3.8) is 0 Å². The van der Waals surface area contributed by atoms with Crippen LogP contribution in [0.3, 0.4) is 0 Å². The minimum atomic E-state index is -1.09. The van der Waals surface area contributed by atoms with Crippen LogP contribution in [0.15, 0.2) is 33.5 Å². The molecule has 0 fully saturated rings. The normalized spacial score (nSPS) is 11.0. The average Bonchev–Trinajstić information content (AvgIpc) is 2.37. The van der Waals surface area contributed by atoms with Crippen LogP contribution in [0.2, 0.25) is 0 Å². The van der Waals surface area contributed by atoms with Crippen LogP contribution in [0.1, 0.15) is 11.1 Å². The van der Waals surface area contributed by atoms with Crippen LogP contribution in [0.5, 0.6) is 0 Å². The molecule has 1 heterocycles.